The van der Waals surface area contributed by atoms with Crippen LogP contribution in [0.5, 0.6) is 17.2 Å². The van der Waals surface area contributed by atoms with Crippen LogP contribution in [-0.2, 0) is 43.0 Å². The summed E-state index contributed by atoms with van der Waals surface area (Å²) in [6, 6.07) is 10.4. The number of ether oxygens (including phenoxy) is 6. The Morgan fingerprint density at radius 3 is 1.78 bits per heavy atom. The first-order valence-corrected chi connectivity index (χ1v) is 17.6. The Balaban J connectivity index is 1.67. The molecule has 2 aromatic rings. The third-order valence-corrected chi connectivity index (χ3v) is 10.8. The molecular weight excluding hydrogens is 696 g/mol. The first-order valence-electron chi connectivity index (χ1n) is 17.6. The molecule has 2 aromatic carbocycles. The first-order chi connectivity index (χ1) is 25.4. The Bertz CT molecular complexity index is 2080. The van der Waals surface area contributed by atoms with Crippen LogP contribution in [0.2, 0.25) is 0 Å². The van der Waals surface area contributed by atoms with E-state index in [4.69, 9.17) is 28.4 Å². The van der Waals surface area contributed by atoms with E-state index in [-0.39, 0.29) is 23.2 Å². The second-order valence-corrected chi connectivity index (χ2v) is 14.6. The van der Waals surface area contributed by atoms with Crippen LogP contribution in [0.1, 0.15) is 96.3 Å². The van der Waals surface area contributed by atoms with Crippen LogP contribution in [0.4, 0.5) is 0 Å². The van der Waals surface area contributed by atoms with E-state index in [2.05, 4.69) is 6.92 Å². The van der Waals surface area contributed by atoms with Crippen molar-refractivity contribution in [2.75, 3.05) is 0 Å². The molecule has 6 rings (SSSR count). The van der Waals surface area contributed by atoms with Crippen molar-refractivity contribution in [3.8, 4) is 17.2 Å². The molecule has 0 bridgehead atoms. The summed E-state index contributed by atoms with van der Waals surface area (Å²) in [4.78, 5) is 73.9. The molecule has 7 atom stereocenters. The molecule has 4 aliphatic carbocycles. The van der Waals surface area contributed by atoms with Crippen LogP contribution < -0.4 is 14.2 Å². The molecule has 282 valence electrons. The molecule has 0 radical (unpaired) electrons. The number of carbonyl (C=O) groups excluding carboxylic acids is 6. The Labute approximate surface area is 312 Å². The van der Waals surface area contributed by atoms with Crippen molar-refractivity contribution in [3.63, 3.8) is 0 Å². The summed E-state index contributed by atoms with van der Waals surface area (Å²) in [7, 11) is 0. The molecule has 12 heteroatoms. The topological polar surface area (TPSA) is 158 Å². The predicted octanol–water partition coefficient (Wildman–Crippen LogP) is 7.00. The zero-order chi connectivity index (χ0) is 39.3. The van der Waals surface area contributed by atoms with Gasteiger partial charge in [0.25, 0.3) is 0 Å². The normalized spacial score (nSPS) is 27.5. The SMILES string of the molecule is CC(=O)OC1=CCC(C)([C@@H]2c3c(OC(C)=O)cc(OC(C)=O)cc3[C@@H]3[C@H]2C2C=C(OC(C)=O)C=C(OC(C)=O)C2(C)[C@H]3c2ccc(OC(C)=O)cc2)C=C1. The smallest absolute Gasteiger partial charge is 0.308 e. The van der Waals surface area contributed by atoms with E-state index in [0.29, 0.717) is 23.7 Å². The van der Waals surface area contributed by atoms with Crippen molar-refractivity contribution in [2.45, 2.75) is 79.6 Å². The molecule has 0 amide bonds. The molecular formula is C42H42O12. The highest BCUT2D eigenvalue weighted by atomic mass is 16.6. The van der Waals surface area contributed by atoms with Gasteiger partial charge in [0.15, 0.2) is 0 Å². The molecule has 0 spiro atoms. The lowest BCUT2D eigenvalue weighted by Crippen LogP contribution is -2.38. The zero-order valence-electron chi connectivity index (χ0n) is 31.3. The van der Waals surface area contributed by atoms with Crippen molar-refractivity contribution in [2.24, 2.45) is 22.7 Å². The van der Waals surface area contributed by atoms with E-state index in [9.17, 15) is 28.8 Å². The van der Waals surface area contributed by atoms with Gasteiger partial charge in [-0.25, -0.2) is 0 Å². The minimum absolute atomic E-state index is 0.175. The lowest BCUT2D eigenvalue weighted by molar-refractivity contribution is -0.140. The fourth-order valence-electron chi connectivity index (χ4n) is 9.18. The molecule has 0 heterocycles. The minimum atomic E-state index is -0.962. The summed E-state index contributed by atoms with van der Waals surface area (Å²) in [5, 5.41) is 0. The highest BCUT2D eigenvalue weighted by molar-refractivity contribution is 5.75. The lowest BCUT2D eigenvalue weighted by Gasteiger charge is -2.44. The maximum Gasteiger partial charge on any atom is 0.308 e. The molecule has 1 saturated carbocycles. The molecule has 12 nitrogen and oxygen atoms in total. The quantitative estimate of drug-likeness (QED) is 0.155. The number of rotatable bonds is 8. The van der Waals surface area contributed by atoms with Crippen LogP contribution in [0.15, 0.2) is 84.1 Å². The van der Waals surface area contributed by atoms with Crippen molar-refractivity contribution in [1.82, 2.24) is 0 Å². The zero-order valence-corrected chi connectivity index (χ0v) is 31.3. The second kappa shape index (κ2) is 14.2. The van der Waals surface area contributed by atoms with Gasteiger partial charge in [0.2, 0.25) is 0 Å². The van der Waals surface area contributed by atoms with Gasteiger partial charge in [-0.1, -0.05) is 32.1 Å². The van der Waals surface area contributed by atoms with Gasteiger partial charge >= 0.3 is 35.8 Å². The number of hydrogen-bond acceptors (Lipinski definition) is 12. The predicted molar refractivity (Wildman–Crippen MR) is 192 cm³/mol. The maximum atomic E-state index is 12.8. The number of allylic oxidation sites excluding steroid dienone is 6. The highest BCUT2D eigenvalue weighted by Gasteiger charge is 2.68. The summed E-state index contributed by atoms with van der Waals surface area (Å²) in [6.45, 7) is 11.9. The van der Waals surface area contributed by atoms with Crippen LogP contribution in [0, 0.1) is 22.7 Å². The molecule has 3 unspecified atom stereocenters. The Hall–Kier alpha value is -5.78. The van der Waals surface area contributed by atoms with Crippen LogP contribution in [0.25, 0.3) is 0 Å². The van der Waals surface area contributed by atoms with Crippen LogP contribution >= 0.6 is 0 Å². The lowest BCUT2D eigenvalue weighted by atomic mass is 9.60. The molecule has 0 aromatic heterocycles. The van der Waals surface area contributed by atoms with Crippen molar-refractivity contribution in [1.29, 1.82) is 0 Å². The van der Waals surface area contributed by atoms with Gasteiger partial charge in [0.1, 0.15) is 34.5 Å². The van der Waals surface area contributed by atoms with Gasteiger partial charge in [0.05, 0.1) is 0 Å². The first kappa shape index (κ1) is 38.0. The van der Waals surface area contributed by atoms with E-state index in [1.54, 1.807) is 36.4 Å². The van der Waals surface area contributed by atoms with E-state index in [1.807, 2.05) is 37.3 Å². The second-order valence-electron chi connectivity index (χ2n) is 14.6. The van der Waals surface area contributed by atoms with E-state index >= 15 is 0 Å². The third-order valence-electron chi connectivity index (χ3n) is 10.8. The van der Waals surface area contributed by atoms with Gasteiger partial charge in [-0.05, 0) is 77.1 Å². The van der Waals surface area contributed by atoms with Crippen molar-refractivity contribution < 1.29 is 57.2 Å². The summed E-state index contributed by atoms with van der Waals surface area (Å²) < 4.78 is 34.0. The highest BCUT2D eigenvalue weighted by Crippen LogP contribution is 2.76. The number of carbonyl (C=O) groups is 6. The van der Waals surface area contributed by atoms with Crippen molar-refractivity contribution >= 4 is 35.8 Å². The maximum absolute atomic E-state index is 12.8. The summed E-state index contributed by atoms with van der Waals surface area (Å²) in [6.07, 6.45) is 9.47. The Morgan fingerprint density at radius 1 is 0.648 bits per heavy atom. The molecule has 4 aliphatic rings. The number of hydrogen-bond donors (Lipinski definition) is 0. The molecule has 0 saturated heterocycles. The van der Waals surface area contributed by atoms with Gasteiger partial charge in [-0.2, -0.15) is 0 Å². The minimum Gasteiger partial charge on any atom is -0.430 e. The standard InChI is InChI=1S/C42H42O12/c1-21(43)49-28-11-9-27(10-12-28)39-37-32-17-30(51-23(3)45)19-34(53-25(5)47)36(32)40(41(7)15-13-29(14-16-41)50-22(2)44)38(37)33-18-31(52-24(4)46)20-35(42(33,39)8)54-26(6)48/h9-15,17-20,33,37-40H,16H2,1-8H3/t33?,37-,38-,39+,40-,41?,42?/m1/s1. The largest absolute Gasteiger partial charge is 0.430 e. The van der Waals surface area contributed by atoms with Crippen LogP contribution in [-0.4, -0.2) is 35.8 Å². The Kier molecular flexibility index (Phi) is 10.00. The Morgan fingerprint density at radius 2 is 1.22 bits per heavy atom. The summed E-state index contributed by atoms with van der Waals surface area (Å²) in [5.74, 6) is -3.70. The van der Waals surface area contributed by atoms with Gasteiger partial charge in [-0.3, -0.25) is 28.8 Å². The average Bonchev–Trinajstić information content (AvgIpc) is 3.51. The summed E-state index contributed by atoms with van der Waals surface area (Å²) >= 11 is 0. The molecule has 54 heavy (non-hydrogen) atoms. The van der Waals surface area contributed by atoms with Crippen LogP contribution in [0.3, 0.4) is 0 Å². The third kappa shape index (κ3) is 7.00. The van der Waals surface area contributed by atoms with Gasteiger partial charge in [-0.15, -0.1) is 0 Å². The van der Waals surface area contributed by atoms with E-state index in [1.165, 1.54) is 41.5 Å². The van der Waals surface area contributed by atoms with Gasteiger partial charge < -0.3 is 28.4 Å². The van der Waals surface area contributed by atoms with Gasteiger partial charge in [0, 0.05) is 76.5 Å². The monoisotopic (exact) mass is 738 g/mol. The summed E-state index contributed by atoms with van der Waals surface area (Å²) in [5.41, 5.74) is 0.632. The number of fused-ring (bicyclic) bond motifs is 5. The average molecular weight is 739 g/mol. The van der Waals surface area contributed by atoms with E-state index in [0.717, 1.165) is 16.7 Å². The fraction of sp³-hybridized carbons (Fsp3) is 0.381. The van der Waals surface area contributed by atoms with Crippen molar-refractivity contribution in [3.05, 3.63) is 101 Å². The number of esters is 6. The number of benzene rings is 2. The molecule has 0 aliphatic heterocycles. The molecule has 0 N–H and O–H groups in total. The fourth-order valence-corrected chi connectivity index (χ4v) is 9.18. The molecule has 1 fully saturated rings. The van der Waals surface area contributed by atoms with E-state index < -0.39 is 70.3 Å².